The lowest BCUT2D eigenvalue weighted by Gasteiger charge is -2.30. The Labute approximate surface area is 369 Å². The molecule has 2 aliphatic rings. The molecule has 0 radical (unpaired) electrons. The predicted molar refractivity (Wildman–Crippen MR) is 272 cm³/mol. The molecular formula is C57H50N2S2. The van der Waals surface area contributed by atoms with Gasteiger partial charge in [0.2, 0.25) is 0 Å². The fourth-order valence-corrected chi connectivity index (χ4v) is 10.2. The van der Waals surface area contributed by atoms with Crippen molar-refractivity contribution in [2.24, 2.45) is 0 Å². The standard InChI is InChI=1S/C57H50N2S2/c1-42-23-10-4-3-6-20-38-61-57-35-34-46(39-51(42)57)59(45-27-14-9-15-28-45)55-41-53-47-29-16-18-31-49(47)54(40-52(53)48-30-17-19-32-50(48)55)58(44-25-12-8-13-26-44)36-22-33-56-43(2)24-11-5-7-21-37-60-56/h5-23,25-35,39-41H,1,3-4,24,36-38H2,2H3/b11-5-,20-6-,21-7-,23-10-,33-22-,56-43-. The quantitative estimate of drug-likeness (QED) is 0.111. The smallest absolute Gasteiger partial charge is 0.0546 e. The summed E-state index contributed by atoms with van der Waals surface area (Å²) < 4.78 is 0. The van der Waals surface area contributed by atoms with E-state index in [4.69, 9.17) is 0 Å². The molecule has 300 valence electrons. The molecule has 61 heavy (non-hydrogen) atoms. The molecule has 9 rings (SSSR count). The van der Waals surface area contributed by atoms with Gasteiger partial charge in [0.05, 0.1) is 5.69 Å². The topological polar surface area (TPSA) is 6.48 Å². The molecule has 0 aliphatic carbocycles. The van der Waals surface area contributed by atoms with E-state index in [0.29, 0.717) is 0 Å². The Morgan fingerprint density at radius 3 is 1.93 bits per heavy atom. The lowest BCUT2D eigenvalue weighted by Crippen LogP contribution is -2.17. The number of rotatable bonds is 8. The van der Waals surface area contributed by atoms with Gasteiger partial charge < -0.3 is 9.80 Å². The molecule has 2 nitrogen and oxygen atoms in total. The Kier molecular flexibility index (Phi) is 12.5. The third-order valence-corrected chi connectivity index (χ3v) is 13.6. The van der Waals surface area contributed by atoms with Crippen LogP contribution in [0.1, 0.15) is 31.7 Å². The summed E-state index contributed by atoms with van der Waals surface area (Å²) in [6.07, 6.45) is 25.6. The zero-order valence-electron chi connectivity index (χ0n) is 34.7. The van der Waals surface area contributed by atoms with E-state index < -0.39 is 0 Å². The molecule has 0 N–H and O–H groups in total. The first-order chi connectivity index (χ1) is 30.1. The number of anilines is 5. The van der Waals surface area contributed by atoms with Crippen molar-refractivity contribution >= 4 is 89.9 Å². The Hall–Kier alpha value is -6.20. The van der Waals surface area contributed by atoms with Gasteiger partial charge >= 0.3 is 0 Å². The van der Waals surface area contributed by atoms with Gasteiger partial charge in [-0.15, -0.1) is 23.5 Å². The molecule has 0 saturated heterocycles. The van der Waals surface area contributed by atoms with E-state index in [9.17, 15) is 0 Å². The highest BCUT2D eigenvalue weighted by Crippen LogP contribution is 2.47. The normalized spacial score (nSPS) is 18.1. The molecule has 0 unspecified atom stereocenters. The number of hydrogen-bond donors (Lipinski definition) is 0. The van der Waals surface area contributed by atoms with Gasteiger partial charge in [0.25, 0.3) is 0 Å². The molecule has 0 saturated carbocycles. The summed E-state index contributed by atoms with van der Waals surface area (Å²) in [5.74, 6) is 1.91. The first kappa shape index (κ1) is 40.2. The first-order valence-electron chi connectivity index (χ1n) is 21.3. The molecule has 0 atom stereocenters. The molecule has 2 heterocycles. The average Bonchev–Trinajstić information content (AvgIpc) is 3.38. The summed E-state index contributed by atoms with van der Waals surface area (Å²) >= 11 is 3.79. The van der Waals surface area contributed by atoms with Gasteiger partial charge in [0.15, 0.2) is 0 Å². The van der Waals surface area contributed by atoms with E-state index >= 15 is 0 Å². The fourth-order valence-electron chi connectivity index (χ4n) is 8.42. The van der Waals surface area contributed by atoms with Crippen molar-refractivity contribution in [1.29, 1.82) is 0 Å². The highest BCUT2D eigenvalue weighted by Gasteiger charge is 2.22. The van der Waals surface area contributed by atoms with Crippen molar-refractivity contribution < 1.29 is 0 Å². The minimum atomic E-state index is 0.730. The number of nitrogens with zero attached hydrogens (tertiary/aromatic N) is 2. The number of thioether (sulfide) groups is 2. The van der Waals surface area contributed by atoms with E-state index in [0.717, 1.165) is 65.6 Å². The highest BCUT2D eigenvalue weighted by atomic mass is 32.2. The van der Waals surface area contributed by atoms with Crippen LogP contribution in [0.2, 0.25) is 0 Å². The molecule has 7 aromatic rings. The van der Waals surface area contributed by atoms with Gasteiger partial charge in [0, 0.05) is 61.4 Å². The number of benzene rings is 7. The van der Waals surface area contributed by atoms with E-state index in [-0.39, 0.29) is 0 Å². The summed E-state index contributed by atoms with van der Waals surface area (Å²) in [5.41, 5.74) is 9.33. The Bertz CT molecular complexity index is 2900. The van der Waals surface area contributed by atoms with Gasteiger partial charge in [-0.3, -0.25) is 0 Å². The summed E-state index contributed by atoms with van der Waals surface area (Å²) in [7, 11) is 0. The summed E-state index contributed by atoms with van der Waals surface area (Å²) in [4.78, 5) is 7.51. The molecule has 4 heteroatoms. The minimum absolute atomic E-state index is 0.730. The van der Waals surface area contributed by atoms with Crippen molar-refractivity contribution in [2.45, 2.75) is 31.1 Å². The lowest BCUT2D eigenvalue weighted by molar-refractivity contribution is 1.05. The first-order valence-corrected chi connectivity index (χ1v) is 23.2. The maximum absolute atomic E-state index is 4.58. The van der Waals surface area contributed by atoms with Crippen LogP contribution in [0.25, 0.3) is 37.9 Å². The zero-order valence-corrected chi connectivity index (χ0v) is 36.3. The monoisotopic (exact) mass is 826 g/mol. The Balaban J connectivity index is 1.23. The molecule has 0 bridgehead atoms. The third-order valence-electron chi connectivity index (χ3n) is 11.5. The predicted octanol–water partition coefficient (Wildman–Crippen LogP) is 16.8. The lowest BCUT2D eigenvalue weighted by atomic mass is 9.93. The van der Waals surface area contributed by atoms with Gasteiger partial charge in [0.1, 0.15) is 0 Å². The van der Waals surface area contributed by atoms with Crippen LogP contribution in [-0.4, -0.2) is 18.1 Å². The van der Waals surface area contributed by atoms with Gasteiger partial charge in [-0.05, 0) is 113 Å². The van der Waals surface area contributed by atoms with Crippen LogP contribution in [-0.2, 0) is 0 Å². The van der Waals surface area contributed by atoms with Crippen molar-refractivity contribution in [2.75, 3.05) is 27.9 Å². The second kappa shape index (κ2) is 19.0. The summed E-state index contributed by atoms with van der Waals surface area (Å²) in [5, 5.41) is 7.34. The number of fused-ring (bicyclic) bond motifs is 6. The van der Waals surface area contributed by atoms with Crippen molar-refractivity contribution in [3.8, 4) is 0 Å². The molecular weight excluding hydrogens is 777 g/mol. The van der Waals surface area contributed by atoms with Crippen LogP contribution in [0.5, 0.6) is 0 Å². The largest absolute Gasteiger partial charge is 0.337 e. The Morgan fingerprint density at radius 2 is 1.18 bits per heavy atom. The van der Waals surface area contributed by atoms with Crippen molar-refractivity contribution in [1.82, 2.24) is 0 Å². The zero-order chi connectivity index (χ0) is 41.4. The second-order valence-electron chi connectivity index (χ2n) is 15.5. The van der Waals surface area contributed by atoms with Crippen LogP contribution in [0.4, 0.5) is 28.4 Å². The molecule has 7 aromatic carbocycles. The maximum atomic E-state index is 4.58. The third kappa shape index (κ3) is 8.84. The Morgan fingerprint density at radius 1 is 0.557 bits per heavy atom. The summed E-state index contributed by atoms with van der Waals surface area (Å²) in [6, 6.07) is 51.3. The average molecular weight is 827 g/mol. The van der Waals surface area contributed by atoms with Crippen LogP contribution in [0.15, 0.2) is 222 Å². The SMILES string of the molecule is C=C1/C=C\CC/C=C\CSc2ccc(N(c3ccccc3)c3cc4c5ccccc5c(N(C/C=C\C5=C(/C)C/C=C\C=C/CS5)c5ccccc5)cc4c4ccccc34)cc21. The van der Waals surface area contributed by atoms with Crippen LogP contribution >= 0.6 is 23.5 Å². The molecule has 0 fully saturated rings. The van der Waals surface area contributed by atoms with Gasteiger partial charge in [-0.25, -0.2) is 0 Å². The second-order valence-corrected chi connectivity index (χ2v) is 17.6. The molecule has 0 aromatic heterocycles. The molecule has 0 amide bonds. The maximum Gasteiger partial charge on any atom is 0.0546 e. The van der Waals surface area contributed by atoms with Crippen LogP contribution in [0, 0.1) is 0 Å². The number of hydrogen-bond acceptors (Lipinski definition) is 4. The highest BCUT2D eigenvalue weighted by molar-refractivity contribution is 8.03. The van der Waals surface area contributed by atoms with Gasteiger partial charge in [-0.2, -0.15) is 0 Å². The van der Waals surface area contributed by atoms with Crippen molar-refractivity contribution in [3.63, 3.8) is 0 Å². The van der Waals surface area contributed by atoms with E-state index in [2.05, 4.69) is 224 Å². The van der Waals surface area contributed by atoms with E-state index in [1.807, 2.05) is 23.5 Å². The number of para-hydroxylation sites is 2. The van der Waals surface area contributed by atoms with Crippen molar-refractivity contribution in [3.05, 3.63) is 223 Å². The van der Waals surface area contributed by atoms with Gasteiger partial charge in [-0.1, -0.05) is 158 Å². The molecule has 2 aliphatic heterocycles. The fraction of sp³-hybridized carbons (Fsp3) is 0.123. The van der Waals surface area contributed by atoms with E-state index in [1.54, 1.807) is 0 Å². The summed E-state index contributed by atoms with van der Waals surface area (Å²) in [6.45, 7) is 7.56. The number of allylic oxidation sites excluding steroid dienone is 9. The minimum Gasteiger partial charge on any atom is -0.337 e. The van der Waals surface area contributed by atoms with E-state index in [1.165, 1.54) is 58.9 Å². The van der Waals surface area contributed by atoms with Crippen LogP contribution in [0.3, 0.4) is 0 Å². The van der Waals surface area contributed by atoms with Crippen LogP contribution < -0.4 is 9.80 Å². The molecule has 0 spiro atoms.